The topological polar surface area (TPSA) is 85.2 Å². The molecule has 4 rings (SSSR count). The van der Waals surface area contributed by atoms with Gasteiger partial charge in [0, 0.05) is 32.0 Å². The number of nitrogens with zero attached hydrogens (tertiary/aromatic N) is 5. The molecule has 0 aliphatic carbocycles. The maximum atomic E-state index is 12.7. The summed E-state index contributed by atoms with van der Waals surface area (Å²) in [6.07, 6.45) is 7.04. The Bertz CT molecular complexity index is 942. The molecule has 0 radical (unpaired) electrons. The molecule has 0 spiro atoms. The van der Waals surface area contributed by atoms with Crippen molar-refractivity contribution >= 4 is 11.7 Å². The average Bonchev–Trinajstić information content (AvgIpc) is 3.33. The summed E-state index contributed by atoms with van der Waals surface area (Å²) >= 11 is 0. The fourth-order valence-electron chi connectivity index (χ4n) is 3.53. The molecule has 8 nitrogen and oxygen atoms in total. The van der Waals surface area contributed by atoms with E-state index in [1.165, 1.54) is 0 Å². The van der Waals surface area contributed by atoms with E-state index in [0.717, 1.165) is 42.3 Å². The average molecular weight is 392 g/mol. The van der Waals surface area contributed by atoms with Crippen molar-refractivity contribution < 1.29 is 9.53 Å². The number of methoxy groups -OCH3 is 1. The van der Waals surface area contributed by atoms with Crippen LogP contribution in [0.1, 0.15) is 18.4 Å². The van der Waals surface area contributed by atoms with E-state index in [4.69, 9.17) is 4.74 Å². The minimum atomic E-state index is -0.0653. The molecule has 3 heterocycles. The molecule has 3 aromatic rings. The van der Waals surface area contributed by atoms with E-state index in [0.29, 0.717) is 13.1 Å². The molecule has 150 valence electrons. The molecule has 0 saturated carbocycles. The molecule has 1 amide bonds. The number of aromatic nitrogens is 4. The van der Waals surface area contributed by atoms with Gasteiger partial charge in [0.2, 0.25) is 5.91 Å². The number of ether oxygens (including phenoxy) is 1. The fourth-order valence-corrected chi connectivity index (χ4v) is 3.53. The molecular formula is C21H24N6O2. The predicted molar refractivity (Wildman–Crippen MR) is 109 cm³/mol. The lowest BCUT2D eigenvalue weighted by Gasteiger charge is -2.32. The largest absolute Gasteiger partial charge is 0.497 e. The Morgan fingerprint density at radius 1 is 1.24 bits per heavy atom. The lowest BCUT2D eigenvalue weighted by Crippen LogP contribution is -2.43. The Hall–Kier alpha value is -3.42. The predicted octanol–water partition coefficient (Wildman–Crippen LogP) is 2.20. The molecule has 1 unspecified atom stereocenters. The van der Waals surface area contributed by atoms with E-state index in [-0.39, 0.29) is 11.8 Å². The number of anilines is 1. The normalized spacial score (nSPS) is 16.4. The van der Waals surface area contributed by atoms with E-state index in [1.807, 2.05) is 47.2 Å². The Kier molecular flexibility index (Phi) is 5.69. The first-order valence-corrected chi connectivity index (χ1v) is 9.70. The summed E-state index contributed by atoms with van der Waals surface area (Å²) < 4.78 is 7.04. The van der Waals surface area contributed by atoms with Crippen molar-refractivity contribution in [3.8, 4) is 11.6 Å². The van der Waals surface area contributed by atoms with Gasteiger partial charge in [-0.25, -0.2) is 4.98 Å². The molecule has 2 aromatic heterocycles. The van der Waals surface area contributed by atoms with Crippen LogP contribution < -0.4 is 15.0 Å². The van der Waals surface area contributed by atoms with E-state index < -0.39 is 0 Å². The number of benzene rings is 1. The van der Waals surface area contributed by atoms with Gasteiger partial charge in [0.05, 0.1) is 13.0 Å². The summed E-state index contributed by atoms with van der Waals surface area (Å²) in [5.74, 6) is 2.30. The second-order valence-corrected chi connectivity index (χ2v) is 7.07. The van der Waals surface area contributed by atoms with Crippen LogP contribution in [0, 0.1) is 5.92 Å². The van der Waals surface area contributed by atoms with Crippen LogP contribution in [0.5, 0.6) is 5.75 Å². The zero-order valence-electron chi connectivity index (χ0n) is 16.4. The zero-order valence-corrected chi connectivity index (χ0v) is 16.4. The summed E-state index contributed by atoms with van der Waals surface area (Å²) in [6, 6.07) is 11.6. The summed E-state index contributed by atoms with van der Waals surface area (Å²) in [4.78, 5) is 18.8. The van der Waals surface area contributed by atoms with Crippen LogP contribution in [0.4, 0.5) is 5.82 Å². The van der Waals surface area contributed by atoms with Gasteiger partial charge in [-0.1, -0.05) is 12.1 Å². The molecule has 1 saturated heterocycles. The molecule has 1 N–H and O–H groups in total. The van der Waals surface area contributed by atoms with Crippen LogP contribution in [0.25, 0.3) is 5.82 Å². The van der Waals surface area contributed by atoms with Gasteiger partial charge in [0.25, 0.3) is 0 Å². The Labute approximate surface area is 169 Å². The highest BCUT2D eigenvalue weighted by Crippen LogP contribution is 2.22. The number of carbonyl (C=O) groups excluding carboxylic acids is 1. The SMILES string of the molecule is COc1cccc(CNC(=O)C2CCCN(c3ccc(-n4ccnc4)nn3)C2)c1. The molecule has 1 aliphatic heterocycles. The number of hydrogen-bond donors (Lipinski definition) is 1. The highest BCUT2D eigenvalue weighted by molar-refractivity contribution is 5.79. The highest BCUT2D eigenvalue weighted by atomic mass is 16.5. The van der Waals surface area contributed by atoms with Gasteiger partial charge in [0.15, 0.2) is 11.6 Å². The first-order valence-electron chi connectivity index (χ1n) is 9.70. The molecule has 1 aromatic carbocycles. The minimum Gasteiger partial charge on any atom is -0.497 e. The van der Waals surface area contributed by atoms with Crippen molar-refractivity contribution in [2.45, 2.75) is 19.4 Å². The van der Waals surface area contributed by atoms with Gasteiger partial charge >= 0.3 is 0 Å². The highest BCUT2D eigenvalue weighted by Gasteiger charge is 2.26. The minimum absolute atomic E-state index is 0.0653. The van der Waals surface area contributed by atoms with E-state index >= 15 is 0 Å². The monoisotopic (exact) mass is 392 g/mol. The molecule has 1 atom stereocenters. The maximum Gasteiger partial charge on any atom is 0.225 e. The van der Waals surface area contributed by atoms with Crippen molar-refractivity contribution in [2.24, 2.45) is 5.92 Å². The Morgan fingerprint density at radius 3 is 2.86 bits per heavy atom. The lowest BCUT2D eigenvalue weighted by molar-refractivity contribution is -0.125. The van der Waals surface area contributed by atoms with Crippen LogP contribution in [0.3, 0.4) is 0 Å². The van der Waals surface area contributed by atoms with Crippen molar-refractivity contribution in [3.05, 3.63) is 60.7 Å². The third-order valence-electron chi connectivity index (χ3n) is 5.12. The van der Waals surface area contributed by atoms with E-state index in [9.17, 15) is 4.79 Å². The van der Waals surface area contributed by atoms with Crippen molar-refractivity contribution in [2.75, 3.05) is 25.1 Å². The number of carbonyl (C=O) groups is 1. The standard InChI is InChI=1S/C21H24N6O2/c1-29-18-6-2-4-16(12-18)13-23-21(28)17-5-3-10-26(14-17)19-7-8-20(25-24-19)27-11-9-22-15-27/h2,4,6-9,11-12,15,17H,3,5,10,13-14H2,1H3,(H,23,28). The number of piperidine rings is 1. The van der Waals surface area contributed by atoms with Crippen LogP contribution in [-0.4, -0.2) is 45.9 Å². The summed E-state index contributed by atoms with van der Waals surface area (Å²) in [5, 5.41) is 11.7. The van der Waals surface area contributed by atoms with Crippen LogP contribution in [0.15, 0.2) is 55.1 Å². The Balaban J connectivity index is 1.35. The lowest BCUT2D eigenvalue weighted by atomic mass is 9.97. The molecule has 29 heavy (non-hydrogen) atoms. The van der Waals surface area contributed by atoms with Crippen molar-refractivity contribution in [3.63, 3.8) is 0 Å². The molecule has 1 aliphatic rings. The van der Waals surface area contributed by atoms with Gasteiger partial charge < -0.3 is 15.0 Å². The third kappa shape index (κ3) is 4.53. The molecular weight excluding hydrogens is 368 g/mol. The number of nitrogens with one attached hydrogen (secondary N) is 1. The van der Waals surface area contributed by atoms with Gasteiger partial charge in [-0.2, -0.15) is 0 Å². The number of hydrogen-bond acceptors (Lipinski definition) is 6. The van der Waals surface area contributed by atoms with Gasteiger partial charge in [-0.15, -0.1) is 10.2 Å². The third-order valence-corrected chi connectivity index (χ3v) is 5.12. The summed E-state index contributed by atoms with van der Waals surface area (Å²) in [5.41, 5.74) is 1.02. The Morgan fingerprint density at radius 2 is 2.10 bits per heavy atom. The summed E-state index contributed by atoms with van der Waals surface area (Å²) in [6.45, 7) is 2.01. The van der Waals surface area contributed by atoms with Crippen molar-refractivity contribution in [1.29, 1.82) is 0 Å². The van der Waals surface area contributed by atoms with E-state index in [1.54, 1.807) is 19.6 Å². The number of amides is 1. The van der Waals surface area contributed by atoms with E-state index in [2.05, 4.69) is 25.4 Å². The maximum absolute atomic E-state index is 12.7. The van der Waals surface area contributed by atoms with Gasteiger partial charge in [-0.05, 0) is 42.7 Å². The van der Waals surface area contributed by atoms with Gasteiger partial charge in [0.1, 0.15) is 12.1 Å². The van der Waals surface area contributed by atoms with Gasteiger partial charge in [-0.3, -0.25) is 9.36 Å². The van der Waals surface area contributed by atoms with Crippen molar-refractivity contribution in [1.82, 2.24) is 25.1 Å². The molecule has 8 heteroatoms. The second-order valence-electron chi connectivity index (χ2n) is 7.07. The second kappa shape index (κ2) is 8.72. The smallest absolute Gasteiger partial charge is 0.225 e. The molecule has 0 bridgehead atoms. The number of imidazole rings is 1. The van der Waals surface area contributed by atoms with Crippen LogP contribution >= 0.6 is 0 Å². The first kappa shape index (κ1) is 18.9. The zero-order chi connectivity index (χ0) is 20.1. The molecule has 1 fully saturated rings. The fraction of sp³-hybridized carbons (Fsp3) is 0.333. The summed E-state index contributed by atoms with van der Waals surface area (Å²) in [7, 11) is 1.64. The first-order chi connectivity index (χ1) is 14.2. The number of rotatable bonds is 6. The van der Waals surface area contributed by atoms with Crippen LogP contribution in [0.2, 0.25) is 0 Å². The quantitative estimate of drug-likeness (QED) is 0.692. The van der Waals surface area contributed by atoms with Crippen LogP contribution in [-0.2, 0) is 11.3 Å².